The van der Waals surface area contributed by atoms with Crippen LogP contribution < -0.4 is 0 Å². The third kappa shape index (κ3) is 15.9. The lowest BCUT2D eigenvalue weighted by Gasteiger charge is -2.10. The topological polar surface area (TPSA) is 49.7 Å². The Balaban J connectivity index is 3.09. The minimum Gasteiger partial charge on any atom is -0.394 e. The largest absolute Gasteiger partial charge is 0.394 e. The van der Waals surface area contributed by atoms with E-state index in [1.165, 1.54) is 51.4 Å². The van der Waals surface area contributed by atoms with Gasteiger partial charge in [-0.2, -0.15) is 0 Å². The molecular weight excluding hydrogens is 252 g/mol. The molecule has 1 atom stereocenters. The molecule has 122 valence electrons. The van der Waals surface area contributed by atoms with Crippen LogP contribution >= 0.6 is 0 Å². The Morgan fingerprint density at radius 3 is 1.80 bits per heavy atom. The van der Waals surface area contributed by atoms with Crippen molar-refractivity contribution in [2.24, 2.45) is 5.92 Å². The third-order valence-electron chi connectivity index (χ3n) is 3.61. The summed E-state index contributed by atoms with van der Waals surface area (Å²) in [5.74, 6) is 0.850. The molecule has 0 aliphatic carbocycles. The van der Waals surface area contributed by atoms with Gasteiger partial charge >= 0.3 is 0 Å². The molecule has 0 aromatic heterocycles. The summed E-state index contributed by atoms with van der Waals surface area (Å²) in [7, 11) is 0. The molecule has 2 N–H and O–H groups in total. The van der Waals surface area contributed by atoms with E-state index in [9.17, 15) is 5.11 Å². The summed E-state index contributed by atoms with van der Waals surface area (Å²) in [6.45, 7) is 5.31. The molecule has 0 fully saturated rings. The van der Waals surface area contributed by atoms with E-state index in [1.807, 2.05) is 0 Å². The first-order chi connectivity index (χ1) is 9.66. The number of aliphatic hydroxyl groups excluding tert-OH is 2. The number of aliphatic hydroxyl groups is 2. The molecule has 0 radical (unpaired) electrons. The summed E-state index contributed by atoms with van der Waals surface area (Å²) >= 11 is 0. The fourth-order valence-corrected chi connectivity index (χ4v) is 2.36. The zero-order valence-electron chi connectivity index (χ0n) is 13.6. The predicted octanol–water partition coefficient (Wildman–Crippen LogP) is 3.91. The molecule has 3 heteroatoms. The van der Waals surface area contributed by atoms with Gasteiger partial charge in [-0.3, -0.25) is 0 Å². The molecule has 0 aliphatic heterocycles. The van der Waals surface area contributed by atoms with Gasteiger partial charge in [0.15, 0.2) is 0 Å². The van der Waals surface area contributed by atoms with Crippen LogP contribution in [-0.2, 0) is 4.74 Å². The van der Waals surface area contributed by atoms with Crippen LogP contribution in [0, 0.1) is 5.92 Å². The highest BCUT2D eigenvalue weighted by Crippen LogP contribution is 2.13. The zero-order chi connectivity index (χ0) is 15.1. The number of hydrogen-bond acceptors (Lipinski definition) is 3. The summed E-state index contributed by atoms with van der Waals surface area (Å²) < 4.78 is 5.09. The van der Waals surface area contributed by atoms with Crippen molar-refractivity contribution in [1.82, 2.24) is 0 Å². The van der Waals surface area contributed by atoms with E-state index < -0.39 is 0 Å². The van der Waals surface area contributed by atoms with Gasteiger partial charge < -0.3 is 14.9 Å². The van der Waals surface area contributed by atoms with Gasteiger partial charge in [0.25, 0.3) is 0 Å². The van der Waals surface area contributed by atoms with Crippen molar-refractivity contribution in [2.45, 2.75) is 84.2 Å². The maximum atomic E-state index is 9.61. The van der Waals surface area contributed by atoms with E-state index in [2.05, 4.69) is 13.8 Å². The molecule has 0 amide bonds. The number of rotatable bonds is 15. The van der Waals surface area contributed by atoms with Crippen molar-refractivity contribution in [2.75, 3.05) is 19.8 Å². The first-order valence-electron chi connectivity index (χ1n) is 8.53. The molecule has 0 aromatic carbocycles. The van der Waals surface area contributed by atoms with Gasteiger partial charge in [-0.05, 0) is 12.3 Å². The van der Waals surface area contributed by atoms with Gasteiger partial charge in [-0.15, -0.1) is 0 Å². The fourth-order valence-electron chi connectivity index (χ4n) is 2.36. The van der Waals surface area contributed by atoms with E-state index in [4.69, 9.17) is 9.84 Å². The average molecular weight is 288 g/mol. The van der Waals surface area contributed by atoms with Gasteiger partial charge in [-0.1, -0.05) is 71.6 Å². The maximum Gasteiger partial charge on any atom is 0.0773 e. The normalized spacial score (nSPS) is 13.1. The molecule has 20 heavy (non-hydrogen) atoms. The van der Waals surface area contributed by atoms with Crippen LogP contribution in [-0.4, -0.2) is 36.1 Å². The van der Waals surface area contributed by atoms with E-state index in [0.717, 1.165) is 18.8 Å². The Hall–Kier alpha value is -0.120. The fraction of sp³-hybridized carbons (Fsp3) is 1.00. The Morgan fingerprint density at radius 1 is 0.800 bits per heavy atom. The summed E-state index contributed by atoms with van der Waals surface area (Å²) in [5.41, 5.74) is 0. The van der Waals surface area contributed by atoms with Gasteiger partial charge in [0.2, 0.25) is 0 Å². The van der Waals surface area contributed by atoms with E-state index >= 15 is 0 Å². The quantitative estimate of drug-likeness (QED) is 0.449. The average Bonchev–Trinajstić information content (AvgIpc) is 2.41. The highest BCUT2D eigenvalue weighted by atomic mass is 16.5. The van der Waals surface area contributed by atoms with E-state index in [1.54, 1.807) is 0 Å². The third-order valence-corrected chi connectivity index (χ3v) is 3.61. The summed E-state index contributed by atoms with van der Waals surface area (Å²) in [6, 6.07) is 0. The van der Waals surface area contributed by atoms with Gasteiger partial charge in [0, 0.05) is 0 Å². The smallest absolute Gasteiger partial charge is 0.0773 e. The minimum atomic E-state index is -0.363. The highest BCUT2D eigenvalue weighted by Gasteiger charge is 2.03. The molecule has 0 rings (SSSR count). The Labute approximate surface area is 125 Å². The van der Waals surface area contributed by atoms with Crippen LogP contribution in [0.5, 0.6) is 0 Å². The Morgan fingerprint density at radius 2 is 1.30 bits per heavy atom. The molecule has 0 heterocycles. The van der Waals surface area contributed by atoms with Crippen LogP contribution in [0.25, 0.3) is 0 Å². The molecule has 0 aliphatic rings. The second kappa shape index (κ2) is 15.3. The second-order valence-electron chi connectivity index (χ2n) is 6.25. The van der Waals surface area contributed by atoms with Crippen molar-refractivity contribution in [3.05, 3.63) is 0 Å². The highest BCUT2D eigenvalue weighted by molar-refractivity contribution is 4.55. The molecule has 0 aromatic rings. The van der Waals surface area contributed by atoms with Crippen LogP contribution in [0.2, 0.25) is 0 Å². The number of unbranched alkanes of at least 4 members (excludes halogenated alkanes) is 7. The van der Waals surface area contributed by atoms with Crippen LogP contribution in [0.15, 0.2) is 0 Å². The summed E-state index contributed by atoms with van der Waals surface area (Å²) in [4.78, 5) is 0. The SMILES string of the molecule is CC(C)CCCCCCCCCCC(O)COCCO. The number of ether oxygens (including phenoxy) is 1. The Bertz CT molecular complexity index is 183. The summed E-state index contributed by atoms with van der Waals surface area (Å²) in [5, 5.41) is 18.2. The first kappa shape index (κ1) is 19.9. The monoisotopic (exact) mass is 288 g/mol. The van der Waals surface area contributed by atoms with Crippen LogP contribution in [0.1, 0.15) is 78.1 Å². The molecule has 3 nitrogen and oxygen atoms in total. The minimum absolute atomic E-state index is 0.0316. The molecular formula is C17H36O3. The number of hydrogen-bond donors (Lipinski definition) is 2. The first-order valence-corrected chi connectivity index (χ1v) is 8.53. The lowest BCUT2D eigenvalue weighted by Crippen LogP contribution is -2.16. The van der Waals surface area contributed by atoms with Gasteiger partial charge in [0.05, 0.1) is 25.9 Å². The van der Waals surface area contributed by atoms with Crippen molar-refractivity contribution >= 4 is 0 Å². The Kier molecular flexibility index (Phi) is 15.2. The predicted molar refractivity (Wildman–Crippen MR) is 84.9 cm³/mol. The lowest BCUT2D eigenvalue weighted by molar-refractivity contribution is 0.0170. The van der Waals surface area contributed by atoms with Crippen LogP contribution in [0.4, 0.5) is 0 Å². The van der Waals surface area contributed by atoms with Crippen molar-refractivity contribution in [1.29, 1.82) is 0 Å². The van der Waals surface area contributed by atoms with E-state index in [0.29, 0.717) is 13.2 Å². The molecule has 0 saturated carbocycles. The zero-order valence-corrected chi connectivity index (χ0v) is 13.6. The van der Waals surface area contributed by atoms with Gasteiger partial charge in [-0.25, -0.2) is 0 Å². The lowest BCUT2D eigenvalue weighted by atomic mass is 10.0. The standard InChI is InChI=1S/C17H36O3/c1-16(2)11-9-7-5-3-4-6-8-10-12-17(19)15-20-14-13-18/h16-19H,3-15H2,1-2H3. The molecule has 1 unspecified atom stereocenters. The van der Waals surface area contributed by atoms with Crippen molar-refractivity contribution in [3.8, 4) is 0 Å². The molecule has 0 bridgehead atoms. The maximum absolute atomic E-state index is 9.61. The van der Waals surface area contributed by atoms with E-state index in [-0.39, 0.29) is 12.7 Å². The van der Waals surface area contributed by atoms with Crippen LogP contribution in [0.3, 0.4) is 0 Å². The molecule has 0 saturated heterocycles. The second-order valence-corrected chi connectivity index (χ2v) is 6.25. The van der Waals surface area contributed by atoms with Gasteiger partial charge in [0.1, 0.15) is 0 Å². The van der Waals surface area contributed by atoms with Crippen molar-refractivity contribution < 1.29 is 14.9 Å². The molecule has 0 spiro atoms. The van der Waals surface area contributed by atoms with Crippen molar-refractivity contribution in [3.63, 3.8) is 0 Å². The summed E-state index contributed by atoms with van der Waals surface area (Å²) in [6.07, 6.45) is 12.3.